The number of carboxylic acids is 5. The molecule has 1 heterocycles. The fraction of sp³-hybridized carbons (Fsp3) is 0.500. The Kier molecular flexibility index (Phi) is 41.4. The molecule has 0 fully saturated rings. The van der Waals surface area contributed by atoms with Crippen LogP contribution in [0.5, 0.6) is 0 Å². The Bertz CT molecular complexity index is 4050. The number of H-pyrrole nitrogens is 1. The summed E-state index contributed by atoms with van der Waals surface area (Å²) in [6, 6.07) is -6.04. The lowest BCUT2D eigenvalue weighted by atomic mass is 9.96. The van der Waals surface area contributed by atoms with Gasteiger partial charge in [0.1, 0.15) is 66.1 Å². The van der Waals surface area contributed by atoms with Gasteiger partial charge in [-0.25, -0.2) is 4.79 Å². The number of aromatic nitrogens is 1. The molecule has 43 nitrogen and oxygen atoms in total. The number of aliphatic hydroxyl groups excluding tert-OH is 1. The second-order valence-electron chi connectivity index (χ2n) is 26.6. The van der Waals surface area contributed by atoms with Gasteiger partial charge in [-0.3, -0.25) is 91.1 Å². The second kappa shape index (κ2) is 49.4. The molecule has 0 radical (unpaired) electrons. The maximum absolute atomic E-state index is 14.1. The van der Waals surface area contributed by atoms with E-state index >= 15 is 0 Å². The first-order chi connectivity index (χ1) is 54.3. The predicted molar refractivity (Wildman–Crippen MR) is 402 cm³/mol. The van der Waals surface area contributed by atoms with E-state index in [9.17, 15) is 127 Å². The normalized spacial score (nSPS) is 13.9. The fourth-order valence-electron chi connectivity index (χ4n) is 11.2. The molecule has 0 spiro atoms. The number of aliphatic hydroxyl groups is 1. The van der Waals surface area contributed by atoms with Crippen LogP contribution in [0.1, 0.15) is 146 Å². The minimum absolute atomic E-state index is 0.0140. The van der Waals surface area contributed by atoms with Crippen LogP contribution in [0.25, 0.3) is 10.9 Å². The van der Waals surface area contributed by atoms with Crippen molar-refractivity contribution in [3.05, 3.63) is 77.6 Å². The second-order valence-corrected chi connectivity index (χ2v) is 26.6. The molecular formula is C72H101N17O26. The molecule has 14 amide bonds. The number of carboxylic acid groups (broad SMARTS) is 5. The molecule has 0 aliphatic rings. The lowest BCUT2D eigenvalue weighted by Gasteiger charge is -2.27. The van der Waals surface area contributed by atoms with E-state index in [0.717, 1.165) is 58.4 Å². The number of unbranched alkanes of at least 4 members (excludes halogenated alkanes) is 6. The van der Waals surface area contributed by atoms with Crippen LogP contribution in [0.15, 0.2) is 66.5 Å². The number of carbonyl (C=O) groups is 20. The third-order valence-corrected chi connectivity index (χ3v) is 17.3. The largest absolute Gasteiger partial charge is 0.481 e. The standard InChI is InChI=1S/C72H101N17O26/c1-5-7-8-9-10-11-12-23-54(93)81-45(26-38-32-76-43-21-16-14-18-39(38)43)67(109)85-46(28-53(75)92)68(110)87-49(31-60(102)103)69(111)83-42(6-2)63(105)77-33-55(94)80-44(22-17-24-73)65(107)86-48(30-59(100)101)66(108)79-37(4)62(104)84-47(29-58(98)99)64(106)78-34-56(95)82-51(35-90)70(112)89-61(36(3)25-57(96)97)71(113)88-50(72(114)115)27-52(91)40-19-13-15-20-41(40)74/h6,13-16,18-21,32,36-37,44-51,61,76,90H,5,7-12,17,22-31,33-35,73-74H2,1-4H3,(H2,75,92)(H,77,105)(H,78,106)(H,79,108)(H,80,94)(H,81,93)(H,82,95)(H,83,111)(H,84,104)(H,85,109)(H,86,107)(H,87,110)(H,88,113)(H,89,112)(H,96,97)(H,98,99)(H,100,101)(H,102,103)(H,114,115)/b42-6-/t36-,37-,44+,45+,46+,47+,48+,49+,50+,51-,61+/m1/s1. The van der Waals surface area contributed by atoms with E-state index in [2.05, 4.69) is 65.1 Å². The number of fused-ring (bicyclic) bond motifs is 1. The number of allylic oxidation sites excluding steroid dienone is 1. The highest BCUT2D eigenvalue weighted by atomic mass is 16.4. The van der Waals surface area contributed by atoms with E-state index in [1.807, 2.05) is 16.0 Å². The monoisotopic (exact) mass is 1620 g/mol. The number of nitrogen functional groups attached to an aromatic ring is 1. The van der Waals surface area contributed by atoms with Gasteiger partial charge in [-0.1, -0.05) is 88.8 Å². The fourth-order valence-corrected chi connectivity index (χ4v) is 11.2. The van der Waals surface area contributed by atoms with Crippen LogP contribution < -0.4 is 86.3 Å². The lowest BCUT2D eigenvalue weighted by Crippen LogP contribution is -2.59. The van der Waals surface area contributed by atoms with Crippen molar-refractivity contribution in [1.29, 1.82) is 0 Å². The molecule has 0 aliphatic carbocycles. The quantitative estimate of drug-likeness (QED) is 0.0109. The number of ketones is 1. The number of amides is 14. The summed E-state index contributed by atoms with van der Waals surface area (Å²) >= 11 is 0. The molecule has 3 aromatic rings. The Hall–Kier alpha value is -13.0. The van der Waals surface area contributed by atoms with Crippen LogP contribution in [0, 0.1) is 5.92 Å². The molecule has 0 unspecified atom stereocenters. The number of nitrogens with one attached hydrogen (secondary N) is 14. The highest BCUT2D eigenvalue weighted by Crippen LogP contribution is 2.21. The average molecular weight is 1620 g/mol. The van der Waals surface area contributed by atoms with Gasteiger partial charge < -0.3 is 122 Å². The molecule has 115 heavy (non-hydrogen) atoms. The van der Waals surface area contributed by atoms with Crippen LogP contribution >= 0.6 is 0 Å². The average Bonchev–Trinajstić information content (AvgIpc) is 1.56. The minimum atomic E-state index is -2.07. The number of aromatic amines is 1. The van der Waals surface area contributed by atoms with Gasteiger partial charge in [0.05, 0.1) is 51.8 Å². The smallest absolute Gasteiger partial charge is 0.326 e. The van der Waals surface area contributed by atoms with Crippen LogP contribution in [0.4, 0.5) is 5.69 Å². The van der Waals surface area contributed by atoms with E-state index in [4.69, 9.17) is 17.2 Å². The van der Waals surface area contributed by atoms with Gasteiger partial charge in [0.2, 0.25) is 76.8 Å². The topological polar surface area (TPSA) is 713 Å². The number of primary amides is 1. The van der Waals surface area contributed by atoms with Crippen molar-refractivity contribution in [3.8, 4) is 0 Å². The first-order valence-electron chi connectivity index (χ1n) is 36.5. The zero-order valence-corrected chi connectivity index (χ0v) is 63.6. The van der Waals surface area contributed by atoms with Gasteiger partial charge >= 0.3 is 29.8 Å². The van der Waals surface area contributed by atoms with Crippen molar-refractivity contribution in [2.45, 2.75) is 197 Å². The number of hydrogen-bond acceptors (Lipinski definition) is 23. The van der Waals surface area contributed by atoms with E-state index in [1.54, 1.807) is 30.5 Å². The molecule has 43 heteroatoms. The zero-order chi connectivity index (χ0) is 86.2. The first-order valence-corrected chi connectivity index (χ1v) is 36.5. The van der Waals surface area contributed by atoms with Gasteiger partial charge in [-0.2, -0.15) is 0 Å². The van der Waals surface area contributed by atoms with Crippen LogP contribution in [-0.4, -0.2) is 241 Å². The van der Waals surface area contributed by atoms with E-state index in [-0.39, 0.29) is 43.5 Å². The van der Waals surface area contributed by atoms with Gasteiger partial charge in [-0.05, 0) is 69.3 Å². The van der Waals surface area contributed by atoms with Crippen molar-refractivity contribution < 1.29 is 127 Å². The number of Topliss-reactive ketones (excluding diaryl/α,β-unsaturated/α-hetero) is 1. The Morgan fingerprint density at radius 3 is 1.53 bits per heavy atom. The summed E-state index contributed by atoms with van der Waals surface area (Å²) in [4.78, 5) is 265. The molecular weight excluding hydrogens is 1520 g/mol. The highest BCUT2D eigenvalue weighted by molar-refractivity contribution is 6.05. The summed E-state index contributed by atoms with van der Waals surface area (Å²) in [6.07, 6.45) is 2.46. The molecule has 0 saturated heterocycles. The van der Waals surface area contributed by atoms with Crippen LogP contribution in [0.2, 0.25) is 0 Å². The maximum Gasteiger partial charge on any atom is 0.326 e. The van der Waals surface area contributed by atoms with Gasteiger partial charge in [0.15, 0.2) is 5.78 Å². The number of aliphatic carboxylic acids is 5. The van der Waals surface area contributed by atoms with E-state index < -0.39 is 249 Å². The highest BCUT2D eigenvalue weighted by Gasteiger charge is 2.38. The zero-order valence-electron chi connectivity index (χ0n) is 63.6. The summed E-state index contributed by atoms with van der Waals surface area (Å²) in [7, 11) is 0. The first kappa shape index (κ1) is 96.2. The number of anilines is 1. The molecule has 0 saturated carbocycles. The molecule has 3 rings (SSSR count). The SMILES string of the molecule is C/C=C(\NC(=O)[C@H](CC(=O)O)NC(=O)[C@H](CC(N)=O)NC(=O)[C@H](Cc1c[nH]c2ccccc12)NC(=O)CCCCCCCCC)C(=O)NCC(=O)N[C@@H](CCCN)C(=O)N[C@@H](CC(=O)O)C(=O)N[C@H](C)C(=O)N[C@@H](CC(=O)O)C(=O)NCC(=O)N[C@H](CO)C(=O)N[C@H](C(=O)N[C@@H](CC(=O)c1ccccc1N)C(=O)O)[C@H](C)CC(=O)O. The summed E-state index contributed by atoms with van der Waals surface area (Å²) in [6.45, 7) is 1.98. The Morgan fingerprint density at radius 1 is 0.478 bits per heavy atom. The van der Waals surface area contributed by atoms with Crippen molar-refractivity contribution >= 4 is 135 Å². The summed E-state index contributed by atoms with van der Waals surface area (Å²) < 4.78 is 0. The van der Waals surface area contributed by atoms with E-state index in [1.165, 1.54) is 31.2 Å². The van der Waals surface area contributed by atoms with Crippen LogP contribution in [-0.2, 0) is 97.5 Å². The number of benzene rings is 2. The Balaban J connectivity index is 1.68. The van der Waals surface area contributed by atoms with Gasteiger partial charge in [-0.15, -0.1) is 0 Å². The molecule has 630 valence electrons. The predicted octanol–water partition coefficient (Wildman–Crippen LogP) is -4.95. The summed E-state index contributed by atoms with van der Waals surface area (Å²) in [5.41, 5.74) is 17.5. The third kappa shape index (κ3) is 34.7. The van der Waals surface area contributed by atoms with Crippen molar-refractivity contribution in [1.82, 2.24) is 74.1 Å². The van der Waals surface area contributed by atoms with E-state index in [0.29, 0.717) is 22.9 Å². The lowest BCUT2D eigenvalue weighted by molar-refractivity contribution is -0.143. The molecule has 11 atom stereocenters. The third-order valence-electron chi connectivity index (χ3n) is 17.3. The number of para-hydroxylation sites is 2. The molecule has 26 N–H and O–H groups in total. The number of nitrogens with two attached hydrogens (primary N) is 3. The van der Waals surface area contributed by atoms with Crippen LogP contribution in [0.3, 0.4) is 0 Å². The molecule has 1 aromatic heterocycles. The van der Waals surface area contributed by atoms with Crippen molar-refractivity contribution in [2.24, 2.45) is 17.4 Å². The number of rotatable bonds is 54. The van der Waals surface area contributed by atoms with Gasteiger partial charge in [0.25, 0.3) is 5.91 Å². The van der Waals surface area contributed by atoms with Gasteiger partial charge in [0, 0.05) is 47.6 Å². The summed E-state index contributed by atoms with van der Waals surface area (Å²) in [5, 5.41) is 87.4. The Labute approximate surface area is 657 Å². The molecule has 0 bridgehead atoms. The number of carbonyl (C=O) groups excluding carboxylic acids is 15. The Morgan fingerprint density at radius 2 is 0.965 bits per heavy atom. The minimum Gasteiger partial charge on any atom is -0.481 e. The van der Waals surface area contributed by atoms with Crippen molar-refractivity contribution in [3.63, 3.8) is 0 Å². The maximum atomic E-state index is 14.1. The summed E-state index contributed by atoms with van der Waals surface area (Å²) in [5.74, 6) is -27.3. The number of hydrogen-bond donors (Lipinski definition) is 23. The molecule has 0 aliphatic heterocycles. The molecule has 2 aromatic carbocycles. The van der Waals surface area contributed by atoms with Crippen molar-refractivity contribution in [2.75, 3.05) is 32.0 Å².